The molecule has 15 heavy (non-hydrogen) atoms. The molecule has 1 unspecified atom stereocenters. The largest absolute Gasteiger partial charge is 0.368 e. The first kappa shape index (κ1) is 13.9. The molecule has 0 radical (unpaired) electrons. The Labute approximate surface area is 90.6 Å². The summed E-state index contributed by atoms with van der Waals surface area (Å²) in [4.78, 5) is 22.6. The van der Waals surface area contributed by atoms with E-state index in [1.807, 2.05) is 6.92 Å². The number of hydrogen-bond donors (Lipinski definition) is 3. The molecule has 0 saturated carbocycles. The number of carbonyl (C=O) groups excluding carboxylic acids is 2. The molecule has 0 saturated heterocycles. The van der Waals surface area contributed by atoms with Crippen LogP contribution in [0.3, 0.4) is 0 Å². The summed E-state index contributed by atoms with van der Waals surface area (Å²) in [6.45, 7) is 5.55. The molecule has 2 amide bonds. The Morgan fingerprint density at radius 3 is 2.33 bits per heavy atom. The van der Waals surface area contributed by atoms with Crippen LogP contribution in [-0.4, -0.2) is 23.9 Å². The molecular weight excluding hydrogens is 194 g/mol. The van der Waals surface area contributed by atoms with E-state index in [1.165, 1.54) is 0 Å². The van der Waals surface area contributed by atoms with Gasteiger partial charge in [-0.15, -0.1) is 0 Å². The van der Waals surface area contributed by atoms with Crippen LogP contribution in [0, 0.1) is 5.92 Å². The molecule has 0 aromatic heterocycles. The highest BCUT2D eigenvalue weighted by molar-refractivity contribution is 5.90. The van der Waals surface area contributed by atoms with Crippen molar-refractivity contribution >= 4 is 11.8 Å². The van der Waals surface area contributed by atoms with Crippen molar-refractivity contribution in [2.24, 2.45) is 17.4 Å². The molecular formula is C10H21N3O2. The van der Waals surface area contributed by atoms with Gasteiger partial charge in [-0.1, -0.05) is 6.92 Å². The standard InChI is InChI=1S/C10H21N3O2/c1-7(5-4-6-11)8(14)13-10(2,3)9(12)15/h7H,4-6,11H2,1-3H3,(H2,12,15)(H,13,14). The average molecular weight is 215 g/mol. The van der Waals surface area contributed by atoms with E-state index in [1.54, 1.807) is 13.8 Å². The van der Waals surface area contributed by atoms with Crippen molar-refractivity contribution in [2.45, 2.75) is 39.2 Å². The Balaban J connectivity index is 4.18. The summed E-state index contributed by atoms with van der Waals surface area (Å²) >= 11 is 0. The molecule has 5 nitrogen and oxygen atoms in total. The topological polar surface area (TPSA) is 98.2 Å². The first-order valence-electron chi connectivity index (χ1n) is 5.13. The first-order valence-corrected chi connectivity index (χ1v) is 5.13. The van der Waals surface area contributed by atoms with Gasteiger partial charge in [0.1, 0.15) is 5.54 Å². The number of nitrogens with one attached hydrogen (secondary N) is 1. The fraction of sp³-hybridized carbons (Fsp3) is 0.800. The van der Waals surface area contributed by atoms with Crippen molar-refractivity contribution in [1.82, 2.24) is 5.32 Å². The Morgan fingerprint density at radius 2 is 1.93 bits per heavy atom. The fourth-order valence-corrected chi connectivity index (χ4v) is 1.05. The van der Waals surface area contributed by atoms with Gasteiger partial charge in [-0.25, -0.2) is 0 Å². The van der Waals surface area contributed by atoms with Crippen molar-refractivity contribution in [2.75, 3.05) is 6.54 Å². The van der Waals surface area contributed by atoms with E-state index in [2.05, 4.69) is 5.32 Å². The summed E-state index contributed by atoms with van der Waals surface area (Å²) < 4.78 is 0. The lowest BCUT2D eigenvalue weighted by molar-refractivity contribution is -0.132. The van der Waals surface area contributed by atoms with Gasteiger partial charge in [-0.3, -0.25) is 9.59 Å². The van der Waals surface area contributed by atoms with Crippen molar-refractivity contribution in [1.29, 1.82) is 0 Å². The summed E-state index contributed by atoms with van der Waals surface area (Å²) in [6.07, 6.45) is 1.52. The Morgan fingerprint density at radius 1 is 1.40 bits per heavy atom. The van der Waals surface area contributed by atoms with E-state index in [4.69, 9.17) is 11.5 Å². The zero-order valence-corrected chi connectivity index (χ0v) is 9.67. The van der Waals surface area contributed by atoms with Gasteiger partial charge >= 0.3 is 0 Å². The Kier molecular flexibility index (Phi) is 5.28. The number of rotatable bonds is 6. The monoisotopic (exact) mass is 215 g/mol. The molecule has 0 heterocycles. The van der Waals surface area contributed by atoms with Gasteiger partial charge in [0.25, 0.3) is 0 Å². The highest BCUT2D eigenvalue weighted by Gasteiger charge is 2.28. The summed E-state index contributed by atoms with van der Waals surface area (Å²) in [5.41, 5.74) is 9.50. The van der Waals surface area contributed by atoms with E-state index >= 15 is 0 Å². The van der Waals surface area contributed by atoms with Gasteiger partial charge in [0.2, 0.25) is 11.8 Å². The molecule has 0 aliphatic heterocycles. The quantitative estimate of drug-likeness (QED) is 0.569. The molecule has 5 heteroatoms. The first-order chi connectivity index (χ1) is 6.81. The third-order valence-electron chi connectivity index (χ3n) is 2.34. The minimum absolute atomic E-state index is 0.146. The predicted molar refractivity (Wildman–Crippen MR) is 58.9 cm³/mol. The molecule has 88 valence electrons. The van der Waals surface area contributed by atoms with Gasteiger partial charge in [0.05, 0.1) is 0 Å². The van der Waals surface area contributed by atoms with E-state index in [9.17, 15) is 9.59 Å². The van der Waals surface area contributed by atoms with Crippen LogP contribution in [0.2, 0.25) is 0 Å². The van der Waals surface area contributed by atoms with Crippen molar-refractivity contribution in [3.05, 3.63) is 0 Å². The molecule has 0 bridgehead atoms. The lowest BCUT2D eigenvalue weighted by Crippen LogP contribution is -2.54. The second-order valence-corrected chi connectivity index (χ2v) is 4.31. The van der Waals surface area contributed by atoms with Crippen molar-refractivity contribution in [3.8, 4) is 0 Å². The van der Waals surface area contributed by atoms with Crippen LogP contribution in [0.15, 0.2) is 0 Å². The summed E-state index contributed by atoms with van der Waals surface area (Å²) in [5.74, 6) is -0.846. The third-order valence-corrected chi connectivity index (χ3v) is 2.34. The van der Waals surface area contributed by atoms with Gasteiger partial charge in [-0.2, -0.15) is 0 Å². The molecule has 0 fully saturated rings. The van der Waals surface area contributed by atoms with Crippen LogP contribution in [0.25, 0.3) is 0 Å². The Bertz CT molecular complexity index is 239. The number of carbonyl (C=O) groups is 2. The maximum absolute atomic E-state index is 11.6. The summed E-state index contributed by atoms with van der Waals surface area (Å²) in [5, 5.41) is 2.61. The fourth-order valence-electron chi connectivity index (χ4n) is 1.05. The molecule has 0 spiro atoms. The lowest BCUT2D eigenvalue weighted by atomic mass is 10.00. The third kappa shape index (κ3) is 4.78. The van der Waals surface area contributed by atoms with Gasteiger partial charge in [0.15, 0.2) is 0 Å². The van der Waals surface area contributed by atoms with Gasteiger partial charge < -0.3 is 16.8 Å². The highest BCUT2D eigenvalue weighted by atomic mass is 16.2. The van der Waals surface area contributed by atoms with E-state index in [-0.39, 0.29) is 11.8 Å². The minimum atomic E-state index is -0.992. The number of hydrogen-bond acceptors (Lipinski definition) is 3. The number of amides is 2. The summed E-state index contributed by atoms with van der Waals surface area (Å²) in [6, 6.07) is 0. The second-order valence-electron chi connectivity index (χ2n) is 4.31. The van der Waals surface area contributed by atoms with E-state index in [0.29, 0.717) is 6.54 Å². The van der Waals surface area contributed by atoms with E-state index in [0.717, 1.165) is 12.8 Å². The minimum Gasteiger partial charge on any atom is -0.368 e. The molecule has 5 N–H and O–H groups in total. The van der Waals surface area contributed by atoms with Crippen molar-refractivity contribution < 1.29 is 9.59 Å². The maximum atomic E-state index is 11.6. The average Bonchev–Trinajstić information content (AvgIpc) is 2.13. The van der Waals surface area contributed by atoms with Crippen molar-refractivity contribution in [3.63, 3.8) is 0 Å². The highest BCUT2D eigenvalue weighted by Crippen LogP contribution is 2.08. The van der Waals surface area contributed by atoms with Crippen LogP contribution in [-0.2, 0) is 9.59 Å². The van der Waals surface area contributed by atoms with Crippen LogP contribution in [0.5, 0.6) is 0 Å². The molecule has 0 aromatic rings. The Hall–Kier alpha value is -1.10. The smallest absolute Gasteiger partial charge is 0.242 e. The molecule has 0 aliphatic carbocycles. The number of primary amides is 1. The zero-order valence-electron chi connectivity index (χ0n) is 9.67. The van der Waals surface area contributed by atoms with E-state index < -0.39 is 11.4 Å². The molecule has 0 aromatic carbocycles. The van der Waals surface area contributed by atoms with Gasteiger partial charge in [-0.05, 0) is 33.2 Å². The normalized spacial score (nSPS) is 13.3. The van der Waals surface area contributed by atoms with Crippen LogP contribution in [0.1, 0.15) is 33.6 Å². The van der Waals surface area contributed by atoms with Gasteiger partial charge in [0, 0.05) is 5.92 Å². The summed E-state index contributed by atoms with van der Waals surface area (Å²) in [7, 11) is 0. The van der Waals surface area contributed by atoms with Crippen LogP contribution >= 0.6 is 0 Å². The molecule has 0 aliphatic rings. The van der Waals surface area contributed by atoms with Crippen LogP contribution < -0.4 is 16.8 Å². The zero-order chi connectivity index (χ0) is 12.1. The number of nitrogens with two attached hydrogens (primary N) is 2. The predicted octanol–water partition coefficient (Wildman–Crippen LogP) is -0.258. The maximum Gasteiger partial charge on any atom is 0.242 e. The molecule has 1 atom stereocenters. The second kappa shape index (κ2) is 5.70. The van der Waals surface area contributed by atoms with Crippen LogP contribution in [0.4, 0.5) is 0 Å². The molecule has 0 rings (SSSR count). The SMILES string of the molecule is CC(CCCN)C(=O)NC(C)(C)C(N)=O. The lowest BCUT2D eigenvalue weighted by Gasteiger charge is -2.24.